The molecule has 2 heterocycles. The van der Waals surface area contributed by atoms with E-state index >= 15 is 0 Å². The Balaban J connectivity index is 2.02. The number of likely N-dealkylation sites (tertiary alicyclic amines) is 1. The number of anilines is 1. The highest BCUT2D eigenvalue weighted by atomic mass is 16.3. The fourth-order valence-corrected chi connectivity index (χ4v) is 2.17. The maximum Gasteiger partial charge on any atom is 0.272 e. The number of nitrogens with two attached hydrogens (primary N) is 1. The van der Waals surface area contributed by atoms with Gasteiger partial charge in [-0.25, -0.2) is 4.98 Å². The van der Waals surface area contributed by atoms with Crippen LogP contribution in [0.15, 0.2) is 18.2 Å². The van der Waals surface area contributed by atoms with Crippen LogP contribution in [0.4, 0.5) is 5.82 Å². The molecule has 0 aromatic carbocycles. The molecule has 0 radical (unpaired) electrons. The van der Waals surface area contributed by atoms with Crippen LogP contribution in [-0.2, 0) is 0 Å². The van der Waals surface area contributed by atoms with Crippen molar-refractivity contribution in [3.8, 4) is 0 Å². The highest BCUT2D eigenvalue weighted by molar-refractivity contribution is 5.92. The van der Waals surface area contributed by atoms with Gasteiger partial charge in [0, 0.05) is 19.7 Å². The van der Waals surface area contributed by atoms with E-state index in [0.29, 0.717) is 24.0 Å². The summed E-state index contributed by atoms with van der Waals surface area (Å²) in [5.41, 5.74) is 5.95. The fourth-order valence-electron chi connectivity index (χ4n) is 2.17. The molecule has 92 valence electrons. The number of pyridine rings is 1. The number of aliphatic hydroxyl groups is 1. The van der Waals surface area contributed by atoms with Gasteiger partial charge in [0.2, 0.25) is 0 Å². The molecule has 1 aromatic heterocycles. The lowest BCUT2D eigenvalue weighted by atomic mass is 10.1. The Bertz CT molecular complexity index is 408. The summed E-state index contributed by atoms with van der Waals surface area (Å²) in [5, 5.41) is 8.87. The Morgan fingerprint density at radius 3 is 3.12 bits per heavy atom. The predicted octanol–water partition coefficient (Wildman–Crippen LogP) is 0.508. The lowest BCUT2D eigenvalue weighted by Crippen LogP contribution is -2.29. The van der Waals surface area contributed by atoms with Crippen LogP contribution >= 0.6 is 0 Å². The summed E-state index contributed by atoms with van der Waals surface area (Å²) >= 11 is 0. The predicted molar refractivity (Wildman–Crippen MR) is 64.4 cm³/mol. The molecule has 0 aliphatic carbocycles. The van der Waals surface area contributed by atoms with Gasteiger partial charge in [0.15, 0.2) is 0 Å². The van der Waals surface area contributed by atoms with E-state index in [1.165, 1.54) is 0 Å². The van der Waals surface area contributed by atoms with Crippen LogP contribution < -0.4 is 5.73 Å². The molecule has 5 heteroatoms. The molecule has 1 atom stereocenters. The molecule has 1 unspecified atom stereocenters. The smallest absolute Gasteiger partial charge is 0.272 e. The molecular weight excluding hydrogens is 218 g/mol. The molecule has 1 amide bonds. The van der Waals surface area contributed by atoms with Crippen molar-refractivity contribution < 1.29 is 9.90 Å². The van der Waals surface area contributed by atoms with Gasteiger partial charge in [-0.05, 0) is 30.9 Å². The summed E-state index contributed by atoms with van der Waals surface area (Å²) in [7, 11) is 0. The standard InChI is InChI=1S/C12H17N3O2/c13-11-3-1-2-10(14-11)12(17)15-6-4-9(8-15)5-7-16/h1-3,9,16H,4-8H2,(H2,13,14). The molecule has 1 fully saturated rings. The molecular formula is C12H17N3O2. The second kappa shape index (κ2) is 5.14. The first-order chi connectivity index (χ1) is 8.20. The van der Waals surface area contributed by atoms with Crippen molar-refractivity contribution in [3.63, 3.8) is 0 Å². The molecule has 3 N–H and O–H groups in total. The summed E-state index contributed by atoms with van der Waals surface area (Å²) in [4.78, 5) is 17.9. The number of aromatic nitrogens is 1. The normalized spacial score (nSPS) is 19.6. The van der Waals surface area contributed by atoms with E-state index in [1.807, 2.05) is 0 Å². The van der Waals surface area contributed by atoms with Crippen molar-refractivity contribution in [1.29, 1.82) is 0 Å². The molecule has 17 heavy (non-hydrogen) atoms. The van der Waals surface area contributed by atoms with Gasteiger partial charge in [-0.3, -0.25) is 4.79 Å². The van der Waals surface area contributed by atoms with Crippen LogP contribution in [0, 0.1) is 5.92 Å². The van der Waals surface area contributed by atoms with E-state index in [4.69, 9.17) is 10.8 Å². The zero-order valence-corrected chi connectivity index (χ0v) is 9.67. The second-order valence-corrected chi connectivity index (χ2v) is 4.37. The van der Waals surface area contributed by atoms with E-state index in [1.54, 1.807) is 23.1 Å². The minimum Gasteiger partial charge on any atom is -0.396 e. The van der Waals surface area contributed by atoms with Crippen molar-refractivity contribution in [2.45, 2.75) is 12.8 Å². The molecule has 1 saturated heterocycles. The van der Waals surface area contributed by atoms with Crippen LogP contribution in [-0.4, -0.2) is 40.6 Å². The van der Waals surface area contributed by atoms with Gasteiger partial charge < -0.3 is 15.7 Å². The molecule has 5 nitrogen and oxygen atoms in total. The number of aliphatic hydroxyl groups excluding tert-OH is 1. The summed E-state index contributed by atoms with van der Waals surface area (Å²) in [5.74, 6) is 0.699. The van der Waals surface area contributed by atoms with Crippen LogP contribution in [0.5, 0.6) is 0 Å². The SMILES string of the molecule is Nc1cccc(C(=O)N2CCC(CCO)C2)n1. The Morgan fingerprint density at radius 1 is 1.59 bits per heavy atom. The van der Waals surface area contributed by atoms with Crippen molar-refractivity contribution >= 4 is 11.7 Å². The summed E-state index contributed by atoms with van der Waals surface area (Å²) in [6.07, 6.45) is 1.71. The Labute approximate surface area is 100 Å². The topological polar surface area (TPSA) is 79.5 Å². The minimum atomic E-state index is -0.0715. The van der Waals surface area contributed by atoms with E-state index in [0.717, 1.165) is 19.4 Å². The first-order valence-electron chi connectivity index (χ1n) is 5.83. The van der Waals surface area contributed by atoms with Gasteiger partial charge in [-0.15, -0.1) is 0 Å². The molecule has 0 saturated carbocycles. The maximum absolute atomic E-state index is 12.1. The first kappa shape index (κ1) is 11.9. The Hall–Kier alpha value is -1.62. The number of carbonyl (C=O) groups excluding carboxylic acids is 1. The number of nitrogen functional groups attached to an aromatic ring is 1. The van der Waals surface area contributed by atoms with Crippen LogP contribution in [0.25, 0.3) is 0 Å². The number of nitrogens with zero attached hydrogens (tertiary/aromatic N) is 2. The third kappa shape index (κ3) is 2.74. The molecule has 2 rings (SSSR count). The zero-order valence-electron chi connectivity index (χ0n) is 9.67. The van der Waals surface area contributed by atoms with E-state index in [-0.39, 0.29) is 12.5 Å². The van der Waals surface area contributed by atoms with Crippen LogP contribution in [0.2, 0.25) is 0 Å². The number of hydrogen-bond acceptors (Lipinski definition) is 4. The molecule has 1 aromatic rings. The van der Waals surface area contributed by atoms with E-state index < -0.39 is 0 Å². The van der Waals surface area contributed by atoms with Crippen molar-refractivity contribution in [3.05, 3.63) is 23.9 Å². The molecule has 1 aliphatic rings. The lowest BCUT2D eigenvalue weighted by molar-refractivity contribution is 0.0779. The minimum absolute atomic E-state index is 0.0715. The van der Waals surface area contributed by atoms with Crippen molar-refractivity contribution in [2.24, 2.45) is 5.92 Å². The number of hydrogen-bond donors (Lipinski definition) is 2. The van der Waals surface area contributed by atoms with E-state index in [9.17, 15) is 4.79 Å². The van der Waals surface area contributed by atoms with Crippen LogP contribution in [0.3, 0.4) is 0 Å². The van der Waals surface area contributed by atoms with Crippen molar-refractivity contribution in [1.82, 2.24) is 9.88 Å². The Morgan fingerprint density at radius 2 is 2.41 bits per heavy atom. The third-order valence-corrected chi connectivity index (χ3v) is 3.10. The second-order valence-electron chi connectivity index (χ2n) is 4.37. The largest absolute Gasteiger partial charge is 0.396 e. The van der Waals surface area contributed by atoms with Gasteiger partial charge in [-0.2, -0.15) is 0 Å². The number of rotatable bonds is 3. The average Bonchev–Trinajstić information content (AvgIpc) is 2.77. The summed E-state index contributed by atoms with van der Waals surface area (Å²) in [6, 6.07) is 5.07. The average molecular weight is 235 g/mol. The van der Waals surface area contributed by atoms with Gasteiger partial charge >= 0.3 is 0 Å². The summed E-state index contributed by atoms with van der Waals surface area (Å²) in [6.45, 7) is 1.62. The highest BCUT2D eigenvalue weighted by Crippen LogP contribution is 2.20. The van der Waals surface area contributed by atoms with Crippen molar-refractivity contribution in [2.75, 3.05) is 25.4 Å². The Kier molecular flexibility index (Phi) is 3.58. The quantitative estimate of drug-likeness (QED) is 0.800. The number of amides is 1. The third-order valence-electron chi connectivity index (χ3n) is 3.10. The molecule has 0 bridgehead atoms. The number of carbonyl (C=O) groups is 1. The maximum atomic E-state index is 12.1. The van der Waals surface area contributed by atoms with Gasteiger partial charge in [0.1, 0.15) is 11.5 Å². The van der Waals surface area contributed by atoms with Gasteiger partial charge in [0.25, 0.3) is 5.91 Å². The highest BCUT2D eigenvalue weighted by Gasteiger charge is 2.27. The molecule has 1 aliphatic heterocycles. The van der Waals surface area contributed by atoms with E-state index in [2.05, 4.69) is 4.98 Å². The fraction of sp³-hybridized carbons (Fsp3) is 0.500. The van der Waals surface area contributed by atoms with Gasteiger partial charge in [0.05, 0.1) is 0 Å². The summed E-state index contributed by atoms with van der Waals surface area (Å²) < 4.78 is 0. The zero-order chi connectivity index (χ0) is 12.3. The first-order valence-corrected chi connectivity index (χ1v) is 5.83. The molecule has 0 spiro atoms. The monoisotopic (exact) mass is 235 g/mol. The van der Waals surface area contributed by atoms with Crippen LogP contribution in [0.1, 0.15) is 23.3 Å². The lowest BCUT2D eigenvalue weighted by Gasteiger charge is -2.15. The van der Waals surface area contributed by atoms with Gasteiger partial charge in [-0.1, -0.05) is 6.07 Å².